The number of ether oxygens (including phenoxy) is 2. The molecule has 0 fully saturated rings. The molecule has 0 radical (unpaired) electrons. The SMILES string of the molecule is COc1c(Br)cc(Cl)cc1C(Br)CCOCC(F)F. The summed E-state index contributed by atoms with van der Waals surface area (Å²) in [4.78, 5) is -0.0878. The second kappa shape index (κ2) is 8.39. The van der Waals surface area contributed by atoms with Crippen molar-refractivity contribution in [2.45, 2.75) is 17.7 Å². The number of hydrogen-bond acceptors (Lipinski definition) is 2. The van der Waals surface area contributed by atoms with Crippen molar-refractivity contribution in [1.82, 2.24) is 0 Å². The van der Waals surface area contributed by atoms with Crippen molar-refractivity contribution < 1.29 is 18.3 Å². The molecule has 0 heterocycles. The van der Waals surface area contributed by atoms with Crippen molar-refractivity contribution in [3.63, 3.8) is 0 Å². The molecule has 0 saturated heterocycles. The van der Waals surface area contributed by atoms with Crippen molar-refractivity contribution in [3.8, 4) is 5.75 Å². The fraction of sp³-hybridized carbons (Fsp3) is 0.500. The molecule has 0 aliphatic carbocycles. The quantitative estimate of drug-likeness (QED) is 0.443. The zero-order valence-electron chi connectivity index (χ0n) is 10.1. The minimum absolute atomic E-state index is 0.0878. The Labute approximate surface area is 132 Å². The number of alkyl halides is 3. The van der Waals surface area contributed by atoms with Crippen LogP contribution >= 0.6 is 43.5 Å². The van der Waals surface area contributed by atoms with Gasteiger partial charge in [-0.15, -0.1) is 0 Å². The normalized spacial score (nSPS) is 12.8. The molecule has 0 spiro atoms. The summed E-state index contributed by atoms with van der Waals surface area (Å²) < 4.78 is 34.8. The van der Waals surface area contributed by atoms with Gasteiger partial charge in [-0.1, -0.05) is 27.5 Å². The highest BCUT2D eigenvalue weighted by Gasteiger charge is 2.17. The molecule has 0 aromatic heterocycles. The Morgan fingerprint density at radius 1 is 1.37 bits per heavy atom. The molecule has 0 aliphatic rings. The first-order valence-electron chi connectivity index (χ1n) is 5.48. The molecule has 1 atom stereocenters. The van der Waals surface area contributed by atoms with Gasteiger partial charge in [0, 0.05) is 22.0 Å². The topological polar surface area (TPSA) is 18.5 Å². The molecule has 0 amide bonds. The maximum atomic E-state index is 11.9. The second-order valence-corrected chi connectivity index (χ2v) is 6.13. The van der Waals surface area contributed by atoms with E-state index in [-0.39, 0.29) is 11.4 Å². The minimum Gasteiger partial charge on any atom is -0.495 e. The average molecular weight is 422 g/mol. The number of hydrogen-bond donors (Lipinski definition) is 0. The summed E-state index contributed by atoms with van der Waals surface area (Å²) in [6, 6.07) is 3.51. The van der Waals surface area contributed by atoms with Gasteiger partial charge in [-0.2, -0.15) is 0 Å². The van der Waals surface area contributed by atoms with Crippen LogP contribution in [0.2, 0.25) is 5.02 Å². The molecule has 1 aromatic rings. The zero-order valence-corrected chi connectivity index (χ0v) is 14.1. The van der Waals surface area contributed by atoms with E-state index >= 15 is 0 Å². The lowest BCUT2D eigenvalue weighted by Crippen LogP contribution is -2.07. The van der Waals surface area contributed by atoms with Crippen LogP contribution in [0, 0.1) is 0 Å². The van der Waals surface area contributed by atoms with Crippen molar-refractivity contribution >= 4 is 43.5 Å². The van der Waals surface area contributed by atoms with Crippen molar-refractivity contribution in [2.75, 3.05) is 20.3 Å². The van der Waals surface area contributed by atoms with E-state index in [0.717, 1.165) is 10.0 Å². The lowest BCUT2D eigenvalue weighted by atomic mass is 10.1. The molecule has 0 N–H and O–H groups in total. The minimum atomic E-state index is -2.44. The second-order valence-electron chi connectivity index (χ2n) is 3.73. The Kier molecular flexibility index (Phi) is 7.57. The van der Waals surface area contributed by atoms with Crippen LogP contribution in [0.15, 0.2) is 16.6 Å². The van der Waals surface area contributed by atoms with E-state index in [9.17, 15) is 8.78 Å². The molecule has 1 unspecified atom stereocenters. The summed E-state index contributed by atoms with van der Waals surface area (Å²) in [6.45, 7) is -0.316. The predicted molar refractivity (Wildman–Crippen MR) is 78.8 cm³/mol. The van der Waals surface area contributed by atoms with Gasteiger partial charge in [-0.25, -0.2) is 8.78 Å². The van der Waals surface area contributed by atoms with Crippen LogP contribution in [0.3, 0.4) is 0 Å². The van der Waals surface area contributed by atoms with Gasteiger partial charge in [0.05, 0.1) is 11.6 Å². The predicted octanol–water partition coefficient (Wildman–Crippen LogP) is 5.22. The Morgan fingerprint density at radius 3 is 2.63 bits per heavy atom. The number of methoxy groups -OCH3 is 1. The van der Waals surface area contributed by atoms with E-state index in [1.165, 1.54) is 0 Å². The van der Waals surface area contributed by atoms with E-state index in [4.69, 9.17) is 21.1 Å². The molecule has 0 aliphatic heterocycles. The third kappa shape index (κ3) is 5.53. The summed E-state index contributed by atoms with van der Waals surface area (Å²) >= 11 is 12.8. The fourth-order valence-electron chi connectivity index (χ4n) is 1.54. The maximum Gasteiger partial charge on any atom is 0.261 e. The van der Waals surface area contributed by atoms with E-state index in [1.807, 2.05) is 0 Å². The molecular formula is C12H13Br2ClF2O2. The van der Waals surface area contributed by atoms with Gasteiger partial charge in [0.25, 0.3) is 6.43 Å². The first kappa shape index (κ1) is 17.1. The Hall–Kier alpha value is 0.0900. The van der Waals surface area contributed by atoms with Crippen LogP contribution in [-0.4, -0.2) is 26.7 Å². The fourth-order valence-corrected chi connectivity index (χ4v) is 3.07. The first-order valence-corrected chi connectivity index (χ1v) is 7.57. The number of benzene rings is 1. The van der Waals surface area contributed by atoms with E-state index in [2.05, 4.69) is 31.9 Å². The Morgan fingerprint density at radius 2 is 2.05 bits per heavy atom. The molecule has 108 valence electrons. The van der Waals surface area contributed by atoms with Gasteiger partial charge in [0.15, 0.2) is 0 Å². The zero-order chi connectivity index (χ0) is 14.4. The summed E-state index contributed by atoms with van der Waals surface area (Å²) in [6.07, 6.45) is -1.90. The van der Waals surface area contributed by atoms with Gasteiger partial charge in [0.1, 0.15) is 12.4 Å². The van der Waals surface area contributed by atoms with Crippen LogP contribution < -0.4 is 4.74 Å². The highest BCUT2D eigenvalue weighted by Crippen LogP contribution is 2.40. The highest BCUT2D eigenvalue weighted by atomic mass is 79.9. The van der Waals surface area contributed by atoms with Crippen LogP contribution in [0.1, 0.15) is 16.8 Å². The van der Waals surface area contributed by atoms with Gasteiger partial charge >= 0.3 is 0 Å². The lowest BCUT2D eigenvalue weighted by molar-refractivity contribution is 0.0167. The monoisotopic (exact) mass is 420 g/mol. The highest BCUT2D eigenvalue weighted by molar-refractivity contribution is 9.10. The number of rotatable bonds is 7. The molecule has 2 nitrogen and oxygen atoms in total. The summed E-state index contributed by atoms with van der Waals surface area (Å²) in [7, 11) is 1.56. The summed E-state index contributed by atoms with van der Waals surface area (Å²) in [5.74, 6) is 0.667. The molecular weight excluding hydrogens is 409 g/mol. The third-order valence-corrected chi connectivity index (χ3v) is 4.10. The Bertz CT molecular complexity index is 419. The maximum absolute atomic E-state index is 11.9. The van der Waals surface area contributed by atoms with Crippen molar-refractivity contribution in [1.29, 1.82) is 0 Å². The van der Waals surface area contributed by atoms with Crippen LogP contribution in [0.25, 0.3) is 0 Å². The molecule has 0 saturated carbocycles. The summed E-state index contributed by atoms with van der Waals surface area (Å²) in [5, 5.41) is 0.570. The van der Waals surface area contributed by atoms with Gasteiger partial charge in [-0.05, 0) is 34.5 Å². The lowest BCUT2D eigenvalue weighted by Gasteiger charge is -2.16. The van der Waals surface area contributed by atoms with Gasteiger partial charge < -0.3 is 9.47 Å². The molecule has 19 heavy (non-hydrogen) atoms. The van der Waals surface area contributed by atoms with Crippen LogP contribution in [0.5, 0.6) is 5.75 Å². The van der Waals surface area contributed by atoms with E-state index in [0.29, 0.717) is 17.2 Å². The summed E-state index contributed by atoms with van der Waals surface area (Å²) in [5.41, 5.74) is 0.850. The first-order chi connectivity index (χ1) is 8.95. The number of halogens is 5. The van der Waals surface area contributed by atoms with Gasteiger partial charge in [0.2, 0.25) is 0 Å². The third-order valence-electron chi connectivity index (χ3n) is 2.34. The van der Waals surface area contributed by atoms with Crippen molar-refractivity contribution in [2.24, 2.45) is 0 Å². The standard InChI is InChI=1S/C12H13Br2ClF2O2/c1-18-12-8(4-7(15)5-10(12)14)9(13)2-3-19-6-11(16)17/h4-5,9,11H,2-3,6H2,1H3. The average Bonchev–Trinajstić information content (AvgIpc) is 2.33. The van der Waals surface area contributed by atoms with Crippen LogP contribution in [0.4, 0.5) is 8.78 Å². The van der Waals surface area contributed by atoms with E-state index in [1.54, 1.807) is 19.2 Å². The smallest absolute Gasteiger partial charge is 0.261 e. The molecule has 1 aromatic carbocycles. The Balaban J connectivity index is 2.68. The molecule has 1 rings (SSSR count). The molecule has 0 bridgehead atoms. The van der Waals surface area contributed by atoms with E-state index < -0.39 is 13.0 Å². The van der Waals surface area contributed by atoms with Crippen LogP contribution in [-0.2, 0) is 4.74 Å². The molecule has 7 heteroatoms. The van der Waals surface area contributed by atoms with Crippen molar-refractivity contribution in [3.05, 3.63) is 27.2 Å². The van der Waals surface area contributed by atoms with Gasteiger partial charge in [-0.3, -0.25) is 0 Å². The largest absolute Gasteiger partial charge is 0.495 e.